The fourth-order valence-electron chi connectivity index (χ4n) is 4.37. The fraction of sp³-hybridized carbons (Fsp3) is 0.923. The molecule has 0 aliphatic heterocycles. The minimum atomic E-state index is 1.05. The molecule has 0 amide bonds. The predicted molar refractivity (Wildman–Crippen MR) is 120 cm³/mol. The van der Waals surface area contributed by atoms with Crippen molar-refractivity contribution in [1.29, 1.82) is 0 Å². The van der Waals surface area contributed by atoms with Crippen molar-refractivity contribution in [2.24, 2.45) is 5.92 Å². The molecule has 0 aromatic carbocycles. The van der Waals surface area contributed by atoms with Crippen LogP contribution in [0.2, 0.25) is 0 Å². The lowest BCUT2D eigenvalue weighted by Crippen LogP contribution is -1.78. The highest BCUT2D eigenvalue weighted by atomic mass is 14.1. The van der Waals surface area contributed by atoms with Gasteiger partial charge in [0, 0.05) is 0 Å². The molecule has 4 fully saturated rings. The Morgan fingerprint density at radius 3 is 0.769 bits per heavy atom. The second-order valence-corrected chi connectivity index (χ2v) is 9.10. The Labute approximate surface area is 166 Å². The molecule has 0 aromatic rings. The first-order valence-electron chi connectivity index (χ1n) is 12.5. The lowest BCUT2D eigenvalue weighted by atomic mass is 10.2. The Bertz CT molecular complexity index is 220. The molecule has 0 atom stereocenters. The van der Waals surface area contributed by atoms with Crippen LogP contribution in [-0.4, -0.2) is 0 Å². The van der Waals surface area contributed by atoms with Crippen LogP contribution in [0.15, 0.2) is 12.2 Å². The third-order valence-corrected chi connectivity index (χ3v) is 6.30. The second kappa shape index (κ2) is 19.5. The van der Waals surface area contributed by atoms with E-state index in [9.17, 15) is 0 Å². The molecule has 0 heterocycles. The molecule has 5 aliphatic rings. The van der Waals surface area contributed by atoms with Gasteiger partial charge in [-0.3, -0.25) is 0 Å². The number of allylic oxidation sites excluding steroid dienone is 2. The van der Waals surface area contributed by atoms with Gasteiger partial charge in [0.2, 0.25) is 0 Å². The van der Waals surface area contributed by atoms with Gasteiger partial charge in [-0.15, -0.1) is 0 Å². The topological polar surface area (TPSA) is 0 Å². The summed E-state index contributed by atoms with van der Waals surface area (Å²) < 4.78 is 0. The molecule has 0 heteroatoms. The fourth-order valence-corrected chi connectivity index (χ4v) is 4.37. The molecule has 0 bridgehead atoms. The van der Waals surface area contributed by atoms with Gasteiger partial charge in [-0.05, 0) is 25.2 Å². The van der Waals surface area contributed by atoms with E-state index in [-0.39, 0.29) is 0 Å². The van der Waals surface area contributed by atoms with Crippen molar-refractivity contribution < 1.29 is 0 Å². The minimum Gasteiger partial charge on any atom is -0.0885 e. The molecule has 4 saturated carbocycles. The lowest BCUT2D eigenvalue weighted by Gasteiger charge is -1.91. The van der Waals surface area contributed by atoms with Crippen LogP contribution in [0, 0.1) is 5.92 Å². The predicted octanol–water partition coefficient (Wildman–Crippen LogP) is 9.77. The largest absolute Gasteiger partial charge is 0.0885 e. The lowest BCUT2D eigenvalue weighted by molar-refractivity contribution is 0.612. The first kappa shape index (κ1) is 23.8. The van der Waals surface area contributed by atoms with Crippen molar-refractivity contribution in [3.05, 3.63) is 12.2 Å². The summed E-state index contributed by atoms with van der Waals surface area (Å²) in [5, 5.41) is 0. The van der Waals surface area contributed by atoms with Crippen molar-refractivity contribution in [3.63, 3.8) is 0 Å². The summed E-state index contributed by atoms with van der Waals surface area (Å²) in [7, 11) is 0. The second-order valence-electron chi connectivity index (χ2n) is 9.10. The van der Waals surface area contributed by atoms with Gasteiger partial charge in [-0.1, -0.05) is 141 Å². The molecule has 5 aliphatic carbocycles. The molecule has 5 rings (SSSR count). The van der Waals surface area contributed by atoms with E-state index in [4.69, 9.17) is 0 Å². The van der Waals surface area contributed by atoms with E-state index in [1.165, 1.54) is 141 Å². The van der Waals surface area contributed by atoms with E-state index in [0.717, 1.165) is 5.92 Å². The van der Waals surface area contributed by atoms with Gasteiger partial charge >= 0.3 is 0 Å². The average molecular weight is 363 g/mol. The first-order valence-corrected chi connectivity index (χ1v) is 12.5. The summed E-state index contributed by atoms with van der Waals surface area (Å²) in [5.74, 6) is 1.05. The minimum absolute atomic E-state index is 1.05. The van der Waals surface area contributed by atoms with Crippen molar-refractivity contribution in [2.45, 2.75) is 148 Å². The number of hydrogen-bond donors (Lipinski definition) is 0. The molecular formula is C26H50. The van der Waals surface area contributed by atoms with Gasteiger partial charge in [0.15, 0.2) is 0 Å². The van der Waals surface area contributed by atoms with Crippen molar-refractivity contribution >= 4 is 0 Å². The maximum atomic E-state index is 2.34. The summed E-state index contributed by atoms with van der Waals surface area (Å²) >= 11 is 0. The Kier molecular flexibility index (Phi) is 17.8. The number of hydrogen-bond acceptors (Lipinski definition) is 0. The zero-order valence-electron chi connectivity index (χ0n) is 18.3. The molecule has 0 saturated heterocycles. The normalized spacial score (nSPS) is 23.7. The Morgan fingerprint density at radius 2 is 0.654 bits per heavy atom. The zero-order valence-corrected chi connectivity index (χ0v) is 18.3. The van der Waals surface area contributed by atoms with Gasteiger partial charge < -0.3 is 0 Å². The van der Waals surface area contributed by atoms with Crippen LogP contribution < -0.4 is 0 Å². The van der Waals surface area contributed by atoms with Gasteiger partial charge in [0.25, 0.3) is 0 Å². The highest BCUT2D eigenvalue weighted by molar-refractivity contribution is 4.88. The van der Waals surface area contributed by atoms with Crippen LogP contribution >= 0.6 is 0 Å². The molecule has 0 N–H and O–H groups in total. The van der Waals surface area contributed by atoms with Gasteiger partial charge in [-0.25, -0.2) is 0 Å². The van der Waals surface area contributed by atoms with Crippen molar-refractivity contribution in [2.75, 3.05) is 0 Å². The van der Waals surface area contributed by atoms with Crippen LogP contribution in [0.25, 0.3) is 0 Å². The van der Waals surface area contributed by atoms with Crippen LogP contribution in [0.4, 0.5) is 0 Å². The molecular weight excluding hydrogens is 312 g/mol. The Morgan fingerprint density at radius 1 is 0.385 bits per heavy atom. The molecule has 26 heavy (non-hydrogen) atoms. The molecule has 154 valence electrons. The van der Waals surface area contributed by atoms with Gasteiger partial charge in [-0.2, -0.15) is 0 Å². The van der Waals surface area contributed by atoms with Crippen LogP contribution in [0.1, 0.15) is 148 Å². The van der Waals surface area contributed by atoms with Gasteiger partial charge in [0.05, 0.1) is 0 Å². The first-order chi connectivity index (χ1) is 12.9. The highest BCUT2D eigenvalue weighted by Crippen LogP contribution is 2.23. The van der Waals surface area contributed by atoms with Crippen LogP contribution in [0.3, 0.4) is 0 Å². The molecule has 0 radical (unpaired) electrons. The van der Waals surface area contributed by atoms with E-state index < -0.39 is 0 Å². The Hall–Kier alpha value is -0.260. The maximum Gasteiger partial charge on any atom is -0.0348 e. The van der Waals surface area contributed by atoms with Crippen LogP contribution in [-0.2, 0) is 0 Å². The molecule has 0 aromatic heterocycles. The van der Waals surface area contributed by atoms with Crippen LogP contribution in [0.5, 0.6) is 0 Å². The summed E-state index contributed by atoms with van der Waals surface area (Å²) in [6.07, 6.45) is 36.9. The average Bonchev–Trinajstić information content (AvgIpc) is 3.54. The third kappa shape index (κ3) is 17.2. The SMILES string of the molecule is C1=CCCC1.C1CCCC1.C1CCCC1.C1CCCC1.CC1CCCC1. The Balaban J connectivity index is 0.000000163. The monoisotopic (exact) mass is 362 g/mol. The summed E-state index contributed by atoms with van der Waals surface area (Å²) in [6.45, 7) is 2.34. The van der Waals surface area contributed by atoms with Gasteiger partial charge in [0.1, 0.15) is 0 Å². The third-order valence-electron chi connectivity index (χ3n) is 6.30. The van der Waals surface area contributed by atoms with Crippen molar-refractivity contribution in [3.8, 4) is 0 Å². The smallest absolute Gasteiger partial charge is 0.0348 e. The summed E-state index contributed by atoms with van der Waals surface area (Å²) in [5.41, 5.74) is 0. The number of rotatable bonds is 0. The van der Waals surface area contributed by atoms with E-state index in [2.05, 4.69) is 19.1 Å². The zero-order chi connectivity index (χ0) is 18.5. The van der Waals surface area contributed by atoms with E-state index in [1.807, 2.05) is 0 Å². The maximum absolute atomic E-state index is 2.34. The molecule has 0 nitrogen and oxygen atoms in total. The highest BCUT2D eigenvalue weighted by Gasteiger charge is 2.07. The van der Waals surface area contributed by atoms with Crippen molar-refractivity contribution in [1.82, 2.24) is 0 Å². The van der Waals surface area contributed by atoms with E-state index in [0.29, 0.717) is 0 Å². The van der Waals surface area contributed by atoms with E-state index >= 15 is 0 Å². The summed E-state index contributed by atoms with van der Waals surface area (Å²) in [4.78, 5) is 0. The quantitative estimate of drug-likeness (QED) is 0.376. The standard InChI is InChI=1S/C6H12.3C5H10.C5H8/c1-6-4-2-3-5-6;4*1-2-4-5-3-1/h6H,2-5H2,1H3;3*1-5H2;1-2H,3-5H2. The molecule has 0 unspecified atom stereocenters. The van der Waals surface area contributed by atoms with E-state index in [1.54, 1.807) is 0 Å². The molecule has 0 spiro atoms. The summed E-state index contributed by atoms with van der Waals surface area (Å²) in [6, 6.07) is 0.